The minimum Gasteiger partial charge on any atom is -0.481 e. The van der Waals surface area contributed by atoms with Crippen molar-refractivity contribution in [3.63, 3.8) is 0 Å². The molecule has 0 spiro atoms. The molecule has 0 aliphatic carbocycles. The molecular weight excluding hydrogens is 280 g/mol. The summed E-state index contributed by atoms with van der Waals surface area (Å²) in [5, 5.41) is 67.0. The van der Waals surface area contributed by atoms with E-state index < -0.39 is 49.6 Å². The van der Waals surface area contributed by atoms with Gasteiger partial charge in [0.2, 0.25) is 0 Å². The van der Waals surface area contributed by atoms with Crippen LogP contribution in [0.3, 0.4) is 0 Å². The van der Waals surface area contributed by atoms with Crippen molar-refractivity contribution >= 4 is 11.9 Å². The van der Waals surface area contributed by atoms with E-state index in [1.165, 1.54) is 0 Å². The van der Waals surface area contributed by atoms with Gasteiger partial charge in [-0.25, -0.2) is 0 Å². The number of rotatable bonds is 5. The molecule has 0 aromatic rings. The lowest BCUT2D eigenvalue weighted by atomic mass is 10.0. The molecule has 0 unspecified atom stereocenters. The fourth-order valence-corrected chi connectivity index (χ4v) is 0.671. The van der Waals surface area contributed by atoms with Crippen molar-refractivity contribution in [2.75, 3.05) is 13.2 Å². The van der Waals surface area contributed by atoms with Crippen LogP contribution in [0, 0.1) is 0 Å². The molecule has 10 nitrogen and oxygen atoms in total. The first-order valence-electron chi connectivity index (χ1n) is 5.34. The zero-order valence-electron chi connectivity index (χ0n) is 11.1. The molecule has 0 saturated carbocycles. The molecule has 4 atom stereocenters. The van der Waals surface area contributed by atoms with Crippen molar-refractivity contribution in [3.05, 3.63) is 0 Å². The van der Waals surface area contributed by atoms with E-state index in [9.17, 15) is 0 Å². The zero-order valence-corrected chi connectivity index (χ0v) is 11.1. The fraction of sp³-hybridized carbons (Fsp3) is 0.800. The number of hydrogen-bond acceptors (Lipinski definition) is 8. The smallest absolute Gasteiger partial charge is 0.300 e. The van der Waals surface area contributed by atoms with E-state index in [-0.39, 0.29) is 0 Å². The highest BCUT2D eigenvalue weighted by Gasteiger charge is 2.29. The van der Waals surface area contributed by atoms with Crippen LogP contribution in [0.2, 0.25) is 0 Å². The molecule has 0 saturated heterocycles. The van der Waals surface area contributed by atoms with E-state index in [2.05, 4.69) is 0 Å². The molecule has 0 heterocycles. The molecule has 0 rings (SSSR count). The average molecular weight is 302 g/mol. The summed E-state index contributed by atoms with van der Waals surface area (Å²) in [5.74, 6) is -1.67. The third-order valence-electron chi connectivity index (χ3n) is 1.51. The number of carboxylic acid groups (broad SMARTS) is 2. The Hall–Kier alpha value is -1.30. The molecule has 0 bridgehead atoms. The van der Waals surface area contributed by atoms with Crippen LogP contribution in [0.25, 0.3) is 0 Å². The standard InChI is InChI=1S/C6H14O6.2C2H4O2/c7-1-3(9)5(11)6(12)4(10)2-8;2*1-2(3)4/h3-12H,1-2H2;2*1H3,(H,3,4)/t3-,4-,5-,6-;;/m1../s1. The maximum Gasteiger partial charge on any atom is 0.300 e. The molecule has 20 heavy (non-hydrogen) atoms. The molecule has 0 amide bonds. The minimum atomic E-state index is -1.67. The average Bonchev–Trinajstić information content (AvgIpc) is 2.33. The monoisotopic (exact) mass is 302 g/mol. The van der Waals surface area contributed by atoms with E-state index in [0.717, 1.165) is 13.8 Å². The molecule has 122 valence electrons. The van der Waals surface area contributed by atoms with Crippen LogP contribution in [0.4, 0.5) is 0 Å². The Morgan fingerprint density at radius 3 is 1.00 bits per heavy atom. The van der Waals surface area contributed by atoms with Crippen molar-refractivity contribution in [2.45, 2.75) is 38.3 Å². The Morgan fingerprint density at radius 1 is 0.750 bits per heavy atom. The second-order valence-corrected chi connectivity index (χ2v) is 3.52. The van der Waals surface area contributed by atoms with Gasteiger partial charge < -0.3 is 40.9 Å². The van der Waals surface area contributed by atoms with Crippen molar-refractivity contribution < 1.29 is 50.4 Å². The van der Waals surface area contributed by atoms with Crippen LogP contribution in [-0.2, 0) is 9.59 Å². The summed E-state index contributed by atoms with van der Waals surface area (Å²) in [4.78, 5) is 18.0. The Bertz CT molecular complexity index is 222. The topological polar surface area (TPSA) is 196 Å². The van der Waals surface area contributed by atoms with Gasteiger partial charge in [-0.1, -0.05) is 0 Å². The number of aliphatic hydroxyl groups is 6. The predicted molar refractivity (Wildman–Crippen MR) is 64.8 cm³/mol. The largest absolute Gasteiger partial charge is 0.481 e. The summed E-state index contributed by atoms with van der Waals surface area (Å²) >= 11 is 0. The van der Waals surface area contributed by atoms with Crippen LogP contribution in [0.5, 0.6) is 0 Å². The summed E-state index contributed by atoms with van der Waals surface area (Å²) < 4.78 is 0. The van der Waals surface area contributed by atoms with E-state index in [4.69, 9.17) is 50.4 Å². The number of aliphatic carboxylic acids is 2. The second kappa shape index (κ2) is 14.1. The third-order valence-corrected chi connectivity index (χ3v) is 1.51. The summed E-state index contributed by atoms with van der Waals surface area (Å²) in [6.07, 6.45) is -6.39. The lowest BCUT2D eigenvalue weighted by Crippen LogP contribution is -2.46. The Kier molecular flexibility index (Phi) is 16.8. The van der Waals surface area contributed by atoms with E-state index in [1.807, 2.05) is 0 Å². The molecule has 0 aliphatic rings. The maximum absolute atomic E-state index is 9.00. The Morgan fingerprint density at radius 2 is 0.900 bits per heavy atom. The van der Waals surface area contributed by atoms with Gasteiger partial charge in [0.1, 0.15) is 24.4 Å². The van der Waals surface area contributed by atoms with Gasteiger partial charge in [-0.3, -0.25) is 9.59 Å². The van der Waals surface area contributed by atoms with Gasteiger partial charge in [-0.2, -0.15) is 0 Å². The molecule has 0 aliphatic heterocycles. The quantitative estimate of drug-likeness (QED) is 0.253. The van der Waals surface area contributed by atoms with Gasteiger partial charge >= 0.3 is 0 Å². The van der Waals surface area contributed by atoms with Crippen molar-refractivity contribution in [1.29, 1.82) is 0 Å². The van der Waals surface area contributed by atoms with E-state index >= 15 is 0 Å². The normalized spacial score (nSPS) is 15.4. The second-order valence-electron chi connectivity index (χ2n) is 3.52. The molecule has 0 fully saturated rings. The third kappa shape index (κ3) is 19.0. The molecule has 0 aromatic heterocycles. The first-order chi connectivity index (χ1) is 9.00. The van der Waals surface area contributed by atoms with Gasteiger partial charge in [0.25, 0.3) is 11.9 Å². The van der Waals surface area contributed by atoms with Gasteiger partial charge in [-0.15, -0.1) is 0 Å². The van der Waals surface area contributed by atoms with Gasteiger partial charge in [0.15, 0.2) is 0 Å². The number of aliphatic hydroxyl groups excluding tert-OH is 6. The lowest BCUT2D eigenvalue weighted by Gasteiger charge is -2.24. The summed E-state index contributed by atoms with van der Waals surface area (Å²) in [5.41, 5.74) is 0. The minimum absolute atomic E-state index is 0.726. The van der Waals surface area contributed by atoms with E-state index in [1.54, 1.807) is 0 Å². The molecule has 0 aromatic carbocycles. The molecule has 8 N–H and O–H groups in total. The molecule has 10 heteroatoms. The fourth-order valence-electron chi connectivity index (χ4n) is 0.671. The first-order valence-corrected chi connectivity index (χ1v) is 5.34. The lowest BCUT2D eigenvalue weighted by molar-refractivity contribution is -0.135. The highest BCUT2D eigenvalue weighted by Crippen LogP contribution is 2.03. The van der Waals surface area contributed by atoms with Gasteiger partial charge in [-0.05, 0) is 0 Å². The highest BCUT2D eigenvalue weighted by atomic mass is 16.4. The van der Waals surface area contributed by atoms with Crippen LogP contribution in [-0.4, -0.2) is 90.4 Å². The predicted octanol–water partition coefficient (Wildman–Crippen LogP) is -3.40. The summed E-state index contributed by atoms with van der Waals surface area (Å²) in [6.45, 7) is 0.715. The van der Waals surface area contributed by atoms with Crippen molar-refractivity contribution in [3.8, 4) is 0 Å². The number of carbonyl (C=O) groups is 2. The van der Waals surface area contributed by atoms with Crippen LogP contribution in [0.15, 0.2) is 0 Å². The van der Waals surface area contributed by atoms with Gasteiger partial charge in [0, 0.05) is 13.8 Å². The number of hydrogen-bond donors (Lipinski definition) is 8. The van der Waals surface area contributed by atoms with Gasteiger partial charge in [0.05, 0.1) is 13.2 Å². The van der Waals surface area contributed by atoms with Crippen LogP contribution in [0.1, 0.15) is 13.8 Å². The highest BCUT2D eigenvalue weighted by molar-refractivity contribution is 5.63. The van der Waals surface area contributed by atoms with Crippen LogP contribution >= 0.6 is 0 Å². The molecular formula is C10H22O10. The summed E-state index contributed by atoms with van der Waals surface area (Å²) in [6, 6.07) is 0. The Labute approximate surface area is 115 Å². The van der Waals surface area contributed by atoms with E-state index in [0.29, 0.717) is 0 Å². The SMILES string of the molecule is CC(=O)O.CC(=O)O.OC[C@@H](O)[C@@H](O)[C@H](O)[C@H](O)CO. The number of carboxylic acids is 2. The first kappa shape index (κ1) is 23.8. The van der Waals surface area contributed by atoms with Crippen molar-refractivity contribution in [1.82, 2.24) is 0 Å². The van der Waals surface area contributed by atoms with Crippen LogP contribution < -0.4 is 0 Å². The maximum atomic E-state index is 9.00. The zero-order chi connectivity index (χ0) is 16.9. The van der Waals surface area contributed by atoms with Crippen molar-refractivity contribution in [2.24, 2.45) is 0 Å². The molecule has 0 radical (unpaired) electrons. The summed E-state index contributed by atoms with van der Waals surface area (Å²) in [7, 11) is 0. The Balaban J connectivity index is -0.000000297.